The molecule has 0 atom stereocenters. The predicted octanol–water partition coefficient (Wildman–Crippen LogP) is 1.32. The van der Waals surface area contributed by atoms with Crippen LogP contribution in [-0.4, -0.2) is 32.0 Å². The molecule has 0 saturated heterocycles. The quantitative estimate of drug-likeness (QED) is 0.861. The molecule has 0 aliphatic carbocycles. The first-order valence-corrected chi connectivity index (χ1v) is 6.26. The van der Waals surface area contributed by atoms with Gasteiger partial charge in [0.15, 0.2) is 0 Å². The highest BCUT2D eigenvalue weighted by atomic mass is 79.9. The van der Waals surface area contributed by atoms with Gasteiger partial charge in [-0.3, -0.25) is 9.59 Å². The number of ether oxygens (including phenoxy) is 1. The van der Waals surface area contributed by atoms with Crippen LogP contribution in [0.25, 0.3) is 0 Å². The van der Waals surface area contributed by atoms with Crippen LogP contribution in [0.15, 0.2) is 22.7 Å². The van der Waals surface area contributed by atoms with Crippen molar-refractivity contribution in [2.75, 3.05) is 20.2 Å². The summed E-state index contributed by atoms with van der Waals surface area (Å²) in [4.78, 5) is 22.9. The molecule has 1 aromatic carbocycles. The first-order valence-electron chi connectivity index (χ1n) is 5.47. The smallest absolute Gasteiger partial charge is 0.251 e. The molecule has 0 saturated carbocycles. The molecule has 0 unspecified atom stereocenters. The summed E-state index contributed by atoms with van der Waals surface area (Å²) in [5.74, 6) is 0.137. The minimum absolute atomic E-state index is 0.0314. The van der Waals surface area contributed by atoms with Crippen LogP contribution < -0.4 is 15.4 Å². The summed E-state index contributed by atoms with van der Waals surface area (Å²) >= 11 is 3.30. The van der Waals surface area contributed by atoms with Gasteiger partial charge in [-0.15, -0.1) is 0 Å². The number of carbonyl (C=O) groups excluding carboxylic acids is 2. The Kier molecular flexibility index (Phi) is 5.64. The zero-order valence-electron chi connectivity index (χ0n) is 10.2. The van der Waals surface area contributed by atoms with Crippen LogP contribution in [0.4, 0.5) is 0 Å². The Hall–Kier alpha value is -1.56. The van der Waals surface area contributed by atoms with Gasteiger partial charge in [0.1, 0.15) is 5.75 Å². The van der Waals surface area contributed by atoms with Gasteiger partial charge in [0.2, 0.25) is 5.91 Å². The molecule has 0 spiro atoms. The second kappa shape index (κ2) is 7.00. The molecule has 2 amide bonds. The Morgan fingerprint density at radius 2 is 2.06 bits per heavy atom. The van der Waals surface area contributed by atoms with Crippen LogP contribution >= 0.6 is 15.9 Å². The molecule has 6 heteroatoms. The third-order valence-electron chi connectivity index (χ3n) is 2.20. The van der Waals surface area contributed by atoms with Crippen molar-refractivity contribution in [3.05, 3.63) is 28.2 Å². The van der Waals surface area contributed by atoms with Gasteiger partial charge in [-0.2, -0.15) is 0 Å². The van der Waals surface area contributed by atoms with Crippen molar-refractivity contribution in [1.82, 2.24) is 10.6 Å². The minimum atomic E-state index is -0.301. The van der Waals surface area contributed by atoms with E-state index in [1.807, 2.05) is 6.92 Å². The van der Waals surface area contributed by atoms with E-state index in [1.54, 1.807) is 25.3 Å². The van der Waals surface area contributed by atoms with Crippen LogP contribution in [0, 0.1) is 0 Å². The summed E-state index contributed by atoms with van der Waals surface area (Å²) < 4.78 is 5.76. The monoisotopic (exact) mass is 314 g/mol. The second-order valence-corrected chi connectivity index (χ2v) is 4.34. The lowest BCUT2D eigenvalue weighted by molar-refractivity contribution is -0.120. The normalized spacial score (nSPS) is 9.72. The lowest BCUT2D eigenvalue weighted by atomic mass is 10.2. The number of halogens is 1. The molecule has 0 heterocycles. The van der Waals surface area contributed by atoms with Crippen LogP contribution in [0.3, 0.4) is 0 Å². The highest BCUT2D eigenvalue weighted by Gasteiger charge is 2.09. The maximum absolute atomic E-state index is 11.8. The Morgan fingerprint density at radius 3 is 2.61 bits per heavy atom. The van der Waals surface area contributed by atoms with E-state index >= 15 is 0 Å². The number of nitrogens with one attached hydrogen (secondary N) is 2. The Balaban J connectivity index is 2.62. The molecular weight excluding hydrogens is 300 g/mol. The van der Waals surface area contributed by atoms with Crippen LogP contribution in [0.1, 0.15) is 17.3 Å². The maximum Gasteiger partial charge on any atom is 0.251 e. The molecule has 98 valence electrons. The largest absolute Gasteiger partial charge is 0.496 e. The first-order chi connectivity index (χ1) is 8.58. The molecule has 18 heavy (non-hydrogen) atoms. The summed E-state index contributed by atoms with van der Waals surface area (Å²) in [6, 6.07) is 4.97. The fraction of sp³-hybridized carbons (Fsp3) is 0.333. The number of methoxy groups -OCH3 is 1. The van der Waals surface area contributed by atoms with E-state index in [2.05, 4.69) is 26.6 Å². The first kappa shape index (κ1) is 14.5. The molecule has 1 rings (SSSR count). The van der Waals surface area contributed by atoms with Gasteiger partial charge in [-0.1, -0.05) is 0 Å². The summed E-state index contributed by atoms with van der Waals surface area (Å²) in [6.07, 6.45) is 0. The molecule has 1 aromatic rings. The van der Waals surface area contributed by atoms with E-state index in [0.29, 0.717) is 22.3 Å². The summed E-state index contributed by atoms with van der Waals surface area (Å²) in [5, 5.41) is 5.13. The molecule has 0 fully saturated rings. The van der Waals surface area contributed by atoms with Gasteiger partial charge >= 0.3 is 0 Å². The molecule has 0 bridgehead atoms. The predicted molar refractivity (Wildman–Crippen MR) is 71.7 cm³/mol. The van der Waals surface area contributed by atoms with E-state index in [-0.39, 0.29) is 18.4 Å². The minimum Gasteiger partial charge on any atom is -0.496 e. The van der Waals surface area contributed by atoms with Gasteiger partial charge in [0.05, 0.1) is 18.1 Å². The molecule has 0 aromatic heterocycles. The van der Waals surface area contributed by atoms with Crippen molar-refractivity contribution in [3.8, 4) is 5.75 Å². The number of likely N-dealkylation sites (N-methyl/N-ethyl adjacent to an activating group) is 1. The van der Waals surface area contributed by atoms with Crippen LogP contribution in [0.5, 0.6) is 5.75 Å². The van der Waals surface area contributed by atoms with Crippen molar-refractivity contribution in [2.24, 2.45) is 0 Å². The topological polar surface area (TPSA) is 67.4 Å². The number of hydrogen-bond acceptors (Lipinski definition) is 3. The Bertz CT molecular complexity index is 449. The van der Waals surface area contributed by atoms with Gasteiger partial charge in [-0.05, 0) is 41.1 Å². The average molecular weight is 315 g/mol. The standard InChI is InChI=1S/C12H15BrN2O3/c1-3-14-11(16)7-15-12(17)8-4-5-10(18-2)9(13)6-8/h4-6H,3,7H2,1-2H3,(H,14,16)(H,15,17). The molecule has 2 N–H and O–H groups in total. The third kappa shape index (κ3) is 4.03. The zero-order valence-corrected chi connectivity index (χ0v) is 11.8. The van der Waals surface area contributed by atoms with E-state index < -0.39 is 0 Å². The zero-order chi connectivity index (χ0) is 13.5. The molecular formula is C12H15BrN2O3. The van der Waals surface area contributed by atoms with Crippen molar-refractivity contribution in [1.29, 1.82) is 0 Å². The Morgan fingerprint density at radius 1 is 1.33 bits per heavy atom. The van der Waals surface area contributed by atoms with Crippen LogP contribution in [0.2, 0.25) is 0 Å². The van der Waals surface area contributed by atoms with E-state index in [4.69, 9.17) is 4.74 Å². The van der Waals surface area contributed by atoms with Crippen molar-refractivity contribution in [2.45, 2.75) is 6.92 Å². The third-order valence-corrected chi connectivity index (χ3v) is 2.82. The van der Waals surface area contributed by atoms with Gasteiger partial charge < -0.3 is 15.4 Å². The number of hydrogen-bond donors (Lipinski definition) is 2. The van der Waals surface area contributed by atoms with E-state index in [0.717, 1.165) is 0 Å². The SMILES string of the molecule is CCNC(=O)CNC(=O)c1ccc(OC)c(Br)c1. The lowest BCUT2D eigenvalue weighted by Gasteiger charge is -2.07. The summed E-state index contributed by atoms with van der Waals surface area (Å²) in [6.45, 7) is 2.33. The average Bonchev–Trinajstić information content (AvgIpc) is 2.36. The number of carbonyl (C=O) groups is 2. The highest BCUT2D eigenvalue weighted by molar-refractivity contribution is 9.10. The summed E-state index contributed by atoms with van der Waals surface area (Å²) in [7, 11) is 1.55. The van der Waals surface area contributed by atoms with Crippen molar-refractivity contribution in [3.63, 3.8) is 0 Å². The fourth-order valence-electron chi connectivity index (χ4n) is 1.33. The number of rotatable bonds is 5. The van der Waals surface area contributed by atoms with Crippen molar-refractivity contribution < 1.29 is 14.3 Å². The molecule has 0 aliphatic heterocycles. The van der Waals surface area contributed by atoms with Gasteiger partial charge in [0.25, 0.3) is 5.91 Å². The highest BCUT2D eigenvalue weighted by Crippen LogP contribution is 2.25. The van der Waals surface area contributed by atoms with Gasteiger partial charge in [0, 0.05) is 12.1 Å². The fourth-order valence-corrected chi connectivity index (χ4v) is 1.87. The van der Waals surface area contributed by atoms with E-state index in [1.165, 1.54) is 0 Å². The summed E-state index contributed by atoms with van der Waals surface area (Å²) in [5.41, 5.74) is 0.465. The van der Waals surface area contributed by atoms with Crippen LogP contribution in [-0.2, 0) is 4.79 Å². The van der Waals surface area contributed by atoms with Crippen molar-refractivity contribution >= 4 is 27.7 Å². The molecule has 0 aliphatic rings. The number of benzene rings is 1. The molecule has 5 nitrogen and oxygen atoms in total. The Labute approximate surface area is 114 Å². The molecule has 0 radical (unpaired) electrons. The second-order valence-electron chi connectivity index (χ2n) is 3.49. The van der Waals surface area contributed by atoms with Gasteiger partial charge in [-0.25, -0.2) is 0 Å². The number of amides is 2. The van der Waals surface area contributed by atoms with E-state index in [9.17, 15) is 9.59 Å². The lowest BCUT2D eigenvalue weighted by Crippen LogP contribution is -2.36. The maximum atomic E-state index is 11.8.